The lowest BCUT2D eigenvalue weighted by molar-refractivity contribution is 0.0950. The first-order valence-electron chi connectivity index (χ1n) is 8.37. The monoisotopic (exact) mass is 447 g/mol. The van der Waals surface area contributed by atoms with Crippen LogP contribution in [0.15, 0.2) is 53.0 Å². The molecule has 0 atom stereocenters. The quantitative estimate of drug-likeness (QED) is 0.597. The number of nitrogens with one attached hydrogen (secondary N) is 1. The van der Waals surface area contributed by atoms with E-state index in [9.17, 15) is 4.79 Å². The molecule has 140 valence electrons. The molecule has 27 heavy (non-hydrogen) atoms. The molecule has 0 saturated carbocycles. The van der Waals surface area contributed by atoms with E-state index in [4.69, 9.17) is 16.3 Å². The van der Waals surface area contributed by atoms with Crippen molar-refractivity contribution in [3.8, 4) is 5.75 Å². The second-order valence-electron chi connectivity index (χ2n) is 6.14. The molecule has 2 aromatic carbocycles. The minimum absolute atomic E-state index is 0.128. The molecule has 3 aromatic rings. The van der Waals surface area contributed by atoms with E-state index in [1.54, 1.807) is 22.9 Å². The molecule has 0 aliphatic rings. The Labute approximate surface area is 171 Å². The standard InChI is InChI=1S/C20H19BrClN3O2/c1-13-9-17(25(2)24-13)11-23-20(26)15-5-3-14(4-6-15)12-27-19-8-7-16(21)10-18(19)22/h3-10H,11-12H2,1-2H3,(H,23,26). The first-order valence-corrected chi connectivity index (χ1v) is 9.54. The zero-order valence-corrected chi connectivity index (χ0v) is 17.3. The fourth-order valence-electron chi connectivity index (χ4n) is 2.61. The van der Waals surface area contributed by atoms with E-state index in [1.807, 2.05) is 44.3 Å². The van der Waals surface area contributed by atoms with Crippen molar-refractivity contribution in [3.63, 3.8) is 0 Å². The number of hydrogen-bond donors (Lipinski definition) is 1. The predicted molar refractivity (Wildman–Crippen MR) is 109 cm³/mol. The summed E-state index contributed by atoms with van der Waals surface area (Å²) in [6, 6.07) is 14.7. The number of ether oxygens (including phenoxy) is 1. The topological polar surface area (TPSA) is 56.1 Å². The Morgan fingerprint density at radius 2 is 1.96 bits per heavy atom. The number of nitrogens with zero attached hydrogens (tertiary/aromatic N) is 2. The lowest BCUT2D eigenvalue weighted by Crippen LogP contribution is -2.24. The van der Waals surface area contributed by atoms with Crippen molar-refractivity contribution in [2.45, 2.75) is 20.1 Å². The summed E-state index contributed by atoms with van der Waals surface area (Å²) in [6.07, 6.45) is 0. The second-order valence-corrected chi connectivity index (χ2v) is 7.47. The van der Waals surface area contributed by atoms with Crippen LogP contribution in [-0.4, -0.2) is 15.7 Å². The summed E-state index contributed by atoms with van der Waals surface area (Å²) in [5.41, 5.74) is 3.43. The van der Waals surface area contributed by atoms with E-state index in [1.165, 1.54) is 0 Å². The number of rotatable bonds is 6. The first kappa shape index (κ1) is 19.5. The Kier molecular flexibility index (Phi) is 6.19. The van der Waals surface area contributed by atoms with E-state index in [2.05, 4.69) is 26.3 Å². The largest absolute Gasteiger partial charge is 0.487 e. The number of hydrogen-bond acceptors (Lipinski definition) is 3. The van der Waals surface area contributed by atoms with Gasteiger partial charge in [-0.1, -0.05) is 39.7 Å². The molecule has 0 radical (unpaired) electrons. The Bertz CT molecular complexity index is 954. The van der Waals surface area contributed by atoms with Crippen molar-refractivity contribution in [2.75, 3.05) is 0 Å². The summed E-state index contributed by atoms with van der Waals surface area (Å²) in [5.74, 6) is 0.491. The summed E-state index contributed by atoms with van der Waals surface area (Å²) in [7, 11) is 1.86. The third-order valence-electron chi connectivity index (χ3n) is 4.03. The van der Waals surface area contributed by atoms with Crippen molar-refractivity contribution < 1.29 is 9.53 Å². The molecule has 0 saturated heterocycles. The maximum atomic E-state index is 12.3. The molecular weight excluding hydrogens is 430 g/mol. The summed E-state index contributed by atoms with van der Waals surface area (Å²) in [5, 5.41) is 7.72. The average Bonchev–Trinajstić information content (AvgIpc) is 2.96. The van der Waals surface area contributed by atoms with E-state index in [0.717, 1.165) is 21.4 Å². The van der Waals surface area contributed by atoms with Gasteiger partial charge in [-0.2, -0.15) is 5.10 Å². The number of aryl methyl sites for hydroxylation is 2. The summed E-state index contributed by atoms with van der Waals surface area (Å²) in [6.45, 7) is 2.73. The summed E-state index contributed by atoms with van der Waals surface area (Å²) < 4.78 is 8.40. The Morgan fingerprint density at radius 1 is 1.22 bits per heavy atom. The number of benzene rings is 2. The molecule has 1 heterocycles. The summed E-state index contributed by atoms with van der Waals surface area (Å²) in [4.78, 5) is 12.3. The van der Waals surface area contributed by atoms with Gasteiger partial charge in [-0.3, -0.25) is 9.48 Å². The minimum Gasteiger partial charge on any atom is -0.487 e. The smallest absolute Gasteiger partial charge is 0.251 e. The Morgan fingerprint density at radius 3 is 2.59 bits per heavy atom. The fourth-order valence-corrected chi connectivity index (χ4v) is 3.34. The minimum atomic E-state index is -0.128. The molecule has 0 aliphatic heterocycles. The van der Waals surface area contributed by atoms with Crippen LogP contribution in [0.25, 0.3) is 0 Å². The van der Waals surface area contributed by atoms with Crippen LogP contribution < -0.4 is 10.1 Å². The van der Waals surface area contributed by atoms with Crippen LogP contribution in [0.5, 0.6) is 5.75 Å². The highest BCUT2D eigenvalue weighted by molar-refractivity contribution is 9.10. The van der Waals surface area contributed by atoms with E-state index in [0.29, 0.717) is 29.5 Å². The van der Waals surface area contributed by atoms with E-state index < -0.39 is 0 Å². The Balaban J connectivity index is 1.56. The van der Waals surface area contributed by atoms with Gasteiger partial charge in [-0.05, 0) is 48.9 Å². The zero-order valence-electron chi connectivity index (χ0n) is 15.0. The van der Waals surface area contributed by atoms with Crippen molar-refractivity contribution in [1.29, 1.82) is 0 Å². The molecule has 0 bridgehead atoms. The molecule has 5 nitrogen and oxygen atoms in total. The van der Waals surface area contributed by atoms with Crippen LogP contribution in [0.4, 0.5) is 0 Å². The van der Waals surface area contributed by atoms with Crippen molar-refractivity contribution in [3.05, 3.63) is 80.5 Å². The van der Waals surface area contributed by atoms with E-state index in [-0.39, 0.29) is 5.91 Å². The molecule has 0 unspecified atom stereocenters. The van der Waals surface area contributed by atoms with Crippen molar-refractivity contribution in [2.24, 2.45) is 7.05 Å². The summed E-state index contributed by atoms with van der Waals surface area (Å²) >= 11 is 9.51. The van der Waals surface area contributed by atoms with Gasteiger partial charge < -0.3 is 10.1 Å². The van der Waals surface area contributed by atoms with Crippen molar-refractivity contribution >= 4 is 33.4 Å². The molecule has 3 rings (SSSR count). The molecule has 1 aromatic heterocycles. The highest BCUT2D eigenvalue weighted by atomic mass is 79.9. The van der Waals surface area contributed by atoms with Gasteiger partial charge in [0.1, 0.15) is 12.4 Å². The fraction of sp³-hybridized carbons (Fsp3) is 0.200. The van der Waals surface area contributed by atoms with Crippen LogP contribution in [0.1, 0.15) is 27.3 Å². The van der Waals surface area contributed by atoms with Gasteiger partial charge in [0.05, 0.1) is 23.0 Å². The molecular formula is C20H19BrClN3O2. The van der Waals surface area contributed by atoms with Crippen LogP contribution in [0.2, 0.25) is 5.02 Å². The zero-order chi connectivity index (χ0) is 19.4. The first-order chi connectivity index (χ1) is 12.9. The highest BCUT2D eigenvalue weighted by Gasteiger charge is 2.08. The molecule has 7 heteroatoms. The van der Waals surface area contributed by atoms with Gasteiger partial charge >= 0.3 is 0 Å². The average molecular weight is 449 g/mol. The third kappa shape index (κ3) is 5.11. The van der Waals surface area contributed by atoms with Gasteiger partial charge in [-0.25, -0.2) is 0 Å². The number of aromatic nitrogens is 2. The maximum absolute atomic E-state index is 12.3. The van der Waals surface area contributed by atoms with Gasteiger partial charge in [0.2, 0.25) is 0 Å². The third-order valence-corrected chi connectivity index (χ3v) is 4.82. The maximum Gasteiger partial charge on any atom is 0.251 e. The van der Waals surface area contributed by atoms with Gasteiger partial charge in [-0.15, -0.1) is 0 Å². The second kappa shape index (κ2) is 8.59. The molecule has 1 N–H and O–H groups in total. The lowest BCUT2D eigenvalue weighted by atomic mass is 10.1. The predicted octanol–water partition coefficient (Wildman–Crippen LogP) is 4.65. The van der Waals surface area contributed by atoms with Crippen LogP contribution in [0.3, 0.4) is 0 Å². The van der Waals surface area contributed by atoms with Crippen LogP contribution >= 0.6 is 27.5 Å². The van der Waals surface area contributed by atoms with Crippen molar-refractivity contribution in [1.82, 2.24) is 15.1 Å². The molecule has 0 spiro atoms. The molecule has 0 fully saturated rings. The molecule has 0 aliphatic carbocycles. The number of amides is 1. The highest BCUT2D eigenvalue weighted by Crippen LogP contribution is 2.28. The van der Waals surface area contributed by atoms with Gasteiger partial charge in [0.15, 0.2) is 0 Å². The lowest BCUT2D eigenvalue weighted by Gasteiger charge is -2.09. The molecule has 1 amide bonds. The Hall–Kier alpha value is -2.31. The number of halogens is 2. The van der Waals surface area contributed by atoms with Gasteiger partial charge in [0, 0.05) is 17.1 Å². The van der Waals surface area contributed by atoms with Crippen LogP contribution in [-0.2, 0) is 20.2 Å². The SMILES string of the molecule is Cc1cc(CNC(=O)c2ccc(COc3ccc(Br)cc3Cl)cc2)n(C)n1. The number of carbonyl (C=O) groups is 1. The normalized spacial score (nSPS) is 10.7. The van der Waals surface area contributed by atoms with Crippen LogP contribution in [0, 0.1) is 6.92 Å². The van der Waals surface area contributed by atoms with Gasteiger partial charge in [0.25, 0.3) is 5.91 Å². The van der Waals surface area contributed by atoms with E-state index >= 15 is 0 Å². The number of carbonyl (C=O) groups excluding carboxylic acids is 1.